The molecule has 0 rings (SSSR count). The predicted octanol–water partition coefficient (Wildman–Crippen LogP) is 1.51. The van der Waals surface area contributed by atoms with Crippen LogP contribution in [0, 0.1) is 11.8 Å². The Kier molecular flexibility index (Phi) is 6.89. The van der Waals surface area contributed by atoms with Crippen LogP contribution < -0.4 is 0 Å². The smallest absolute Gasteiger partial charge is 0.0639 e. The summed E-state index contributed by atoms with van der Waals surface area (Å²) in [6.45, 7) is 1.82. The van der Waals surface area contributed by atoms with Gasteiger partial charge in [-0.15, -0.1) is 11.8 Å². The summed E-state index contributed by atoms with van der Waals surface area (Å²) in [5.74, 6) is 6.54. The zero-order valence-electron chi connectivity index (χ0n) is 6.55. The third-order valence-electron chi connectivity index (χ3n) is 1.14. The van der Waals surface area contributed by atoms with E-state index in [1.54, 1.807) is 11.8 Å². The largest absolute Gasteiger partial charge is 0.392 e. The van der Waals surface area contributed by atoms with Crippen molar-refractivity contribution in [1.82, 2.24) is 0 Å². The minimum Gasteiger partial charge on any atom is -0.392 e. The summed E-state index contributed by atoms with van der Waals surface area (Å²) in [6, 6.07) is 0. The first-order valence-corrected chi connectivity index (χ1v) is 4.77. The van der Waals surface area contributed by atoms with E-state index < -0.39 is 0 Å². The van der Waals surface area contributed by atoms with Gasteiger partial charge in [0.15, 0.2) is 0 Å². The van der Waals surface area contributed by atoms with Crippen molar-refractivity contribution in [2.45, 2.75) is 25.9 Å². The van der Waals surface area contributed by atoms with Crippen LogP contribution in [0.2, 0.25) is 0 Å². The Bertz CT molecular complexity index is 123. The van der Waals surface area contributed by atoms with Gasteiger partial charge < -0.3 is 5.11 Å². The summed E-state index contributed by atoms with van der Waals surface area (Å²) in [7, 11) is 0. The highest BCUT2D eigenvalue weighted by Gasteiger charge is 1.99. The van der Waals surface area contributed by atoms with Gasteiger partial charge in [0.1, 0.15) is 0 Å². The minimum absolute atomic E-state index is 0.171. The van der Waals surface area contributed by atoms with Crippen molar-refractivity contribution in [3.8, 4) is 11.8 Å². The van der Waals surface area contributed by atoms with E-state index in [2.05, 4.69) is 11.8 Å². The lowest BCUT2D eigenvalue weighted by molar-refractivity contribution is 0.191. The quantitative estimate of drug-likeness (QED) is 0.626. The van der Waals surface area contributed by atoms with Crippen molar-refractivity contribution in [2.75, 3.05) is 12.0 Å². The zero-order chi connectivity index (χ0) is 7.82. The molecule has 1 unspecified atom stereocenters. The lowest BCUT2D eigenvalue weighted by atomic mass is 10.2. The molecule has 0 heterocycles. The van der Waals surface area contributed by atoms with Crippen LogP contribution in [-0.2, 0) is 0 Å². The molecule has 0 amide bonds. The van der Waals surface area contributed by atoms with E-state index in [0.29, 0.717) is 0 Å². The monoisotopic (exact) mass is 158 g/mol. The molecule has 0 fully saturated rings. The van der Waals surface area contributed by atoms with Gasteiger partial charge in [-0.25, -0.2) is 0 Å². The highest BCUT2D eigenvalue weighted by atomic mass is 32.2. The van der Waals surface area contributed by atoms with Crippen molar-refractivity contribution in [3.05, 3.63) is 0 Å². The van der Waals surface area contributed by atoms with E-state index in [-0.39, 0.29) is 6.10 Å². The number of hydrogen-bond acceptors (Lipinski definition) is 2. The maximum Gasteiger partial charge on any atom is 0.0639 e. The second-order valence-corrected chi connectivity index (χ2v) is 2.99. The molecule has 1 atom stereocenters. The fourth-order valence-corrected chi connectivity index (χ4v) is 1.19. The van der Waals surface area contributed by atoms with Gasteiger partial charge >= 0.3 is 0 Å². The van der Waals surface area contributed by atoms with Crippen molar-refractivity contribution >= 4 is 11.8 Å². The molecular weight excluding hydrogens is 144 g/mol. The summed E-state index contributed by atoms with van der Waals surface area (Å²) in [4.78, 5) is 0. The summed E-state index contributed by atoms with van der Waals surface area (Å²) >= 11 is 1.67. The zero-order valence-corrected chi connectivity index (χ0v) is 7.37. The summed E-state index contributed by atoms with van der Waals surface area (Å²) in [6.07, 6.45) is 3.45. The molecule has 58 valence electrons. The fourth-order valence-electron chi connectivity index (χ4n) is 0.640. The van der Waals surface area contributed by atoms with Crippen LogP contribution in [0.4, 0.5) is 0 Å². The normalized spacial score (nSPS) is 11.9. The van der Waals surface area contributed by atoms with Crippen LogP contribution >= 0.6 is 11.8 Å². The first kappa shape index (κ1) is 9.87. The SMILES string of the molecule is CC#CCCC(O)CSC. The molecule has 0 radical (unpaired) electrons. The molecule has 0 aliphatic carbocycles. The third kappa shape index (κ3) is 6.00. The number of aliphatic hydroxyl groups is 1. The second-order valence-electron chi connectivity index (χ2n) is 2.07. The average Bonchev–Trinajstić information content (AvgIpc) is 1.89. The van der Waals surface area contributed by atoms with E-state index in [4.69, 9.17) is 0 Å². The van der Waals surface area contributed by atoms with E-state index in [1.165, 1.54) is 0 Å². The average molecular weight is 158 g/mol. The lowest BCUT2D eigenvalue weighted by Crippen LogP contribution is -2.08. The van der Waals surface area contributed by atoms with E-state index in [1.807, 2.05) is 13.2 Å². The van der Waals surface area contributed by atoms with Crippen molar-refractivity contribution in [1.29, 1.82) is 0 Å². The number of thioether (sulfide) groups is 1. The van der Waals surface area contributed by atoms with Gasteiger partial charge in [0.2, 0.25) is 0 Å². The molecule has 0 spiro atoms. The second kappa shape index (κ2) is 6.98. The van der Waals surface area contributed by atoms with Gasteiger partial charge in [-0.3, -0.25) is 0 Å². The van der Waals surface area contributed by atoms with Crippen LogP contribution in [0.3, 0.4) is 0 Å². The highest BCUT2D eigenvalue weighted by molar-refractivity contribution is 7.98. The van der Waals surface area contributed by atoms with Gasteiger partial charge in [-0.2, -0.15) is 11.8 Å². The first-order valence-electron chi connectivity index (χ1n) is 3.38. The number of rotatable bonds is 4. The summed E-state index contributed by atoms with van der Waals surface area (Å²) in [5, 5.41) is 9.19. The Morgan fingerprint density at radius 3 is 2.80 bits per heavy atom. The molecule has 0 saturated carbocycles. The van der Waals surface area contributed by atoms with Crippen molar-refractivity contribution in [3.63, 3.8) is 0 Å². The maximum absolute atomic E-state index is 9.19. The molecule has 10 heavy (non-hydrogen) atoms. The summed E-state index contributed by atoms with van der Waals surface area (Å²) < 4.78 is 0. The molecule has 0 aromatic carbocycles. The van der Waals surface area contributed by atoms with Crippen LogP contribution in [-0.4, -0.2) is 23.2 Å². The Balaban J connectivity index is 3.18. The number of aliphatic hydroxyl groups excluding tert-OH is 1. The van der Waals surface area contributed by atoms with E-state index >= 15 is 0 Å². The molecule has 1 N–H and O–H groups in total. The number of hydrogen-bond donors (Lipinski definition) is 1. The Hall–Kier alpha value is -0.130. The highest BCUT2D eigenvalue weighted by Crippen LogP contribution is 2.02. The van der Waals surface area contributed by atoms with Crippen LogP contribution in [0.25, 0.3) is 0 Å². The Labute approximate surface area is 67.2 Å². The van der Waals surface area contributed by atoms with Gasteiger partial charge in [0, 0.05) is 12.2 Å². The van der Waals surface area contributed by atoms with Gasteiger partial charge in [-0.1, -0.05) is 0 Å². The predicted molar refractivity (Wildman–Crippen MR) is 47.1 cm³/mol. The van der Waals surface area contributed by atoms with Crippen LogP contribution in [0.1, 0.15) is 19.8 Å². The summed E-state index contributed by atoms with van der Waals surface area (Å²) in [5.41, 5.74) is 0. The fraction of sp³-hybridized carbons (Fsp3) is 0.750. The van der Waals surface area contributed by atoms with Crippen molar-refractivity contribution in [2.24, 2.45) is 0 Å². The van der Waals surface area contributed by atoms with E-state index in [0.717, 1.165) is 18.6 Å². The van der Waals surface area contributed by atoms with Gasteiger partial charge in [0.25, 0.3) is 0 Å². The standard InChI is InChI=1S/C8H14OS/c1-3-4-5-6-8(9)7-10-2/h8-9H,5-7H2,1-2H3. The van der Waals surface area contributed by atoms with Crippen LogP contribution in [0.5, 0.6) is 0 Å². The molecule has 0 saturated heterocycles. The molecule has 0 bridgehead atoms. The maximum atomic E-state index is 9.19. The van der Waals surface area contributed by atoms with Crippen LogP contribution in [0.15, 0.2) is 0 Å². The van der Waals surface area contributed by atoms with Crippen molar-refractivity contribution < 1.29 is 5.11 Å². The van der Waals surface area contributed by atoms with E-state index in [9.17, 15) is 5.11 Å². The Morgan fingerprint density at radius 2 is 2.30 bits per heavy atom. The lowest BCUT2D eigenvalue weighted by Gasteiger charge is -2.04. The molecule has 0 aliphatic heterocycles. The van der Waals surface area contributed by atoms with Gasteiger partial charge in [-0.05, 0) is 19.6 Å². The Morgan fingerprint density at radius 1 is 1.60 bits per heavy atom. The van der Waals surface area contributed by atoms with Gasteiger partial charge in [0.05, 0.1) is 6.10 Å². The topological polar surface area (TPSA) is 20.2 Å². The molecule has 2 heteroatoms. The molecule has 1 nitrogen and oxygen atoms in total. The molecular formula is C8H14OS. The minimum atomic E-state index is -0.171. The first-order chi connectivity index (χ1) is 4.81. The molecule has 0 aliphatic rings. The third-order valence-corrected chi connectivity index (χ3v) is 1.86. The molecule has 0 aromatic heterocycles. The molecule has 0 aromatic rings.